The smallest absolute Gasteiger partial charge is 0.0698 e. The van der Waals surface area contributed by atoms with Crippen LogP contribution in [0.3, 0.4) is 0 Å². The molecule has 1 nitrogen and oxygen atoms in total. The molecule has 2 heterocycles. The van der Waals surface area contributed by atoms with Gasteiger partial charge in [-0.05, 0) is 36.2 Å². The summed E-state index contributed by atoms with van der Waals surface area (Å²) in [7, 11) is 2.24. The zero-order valence-corrected chi connectivity index (χ0v) is 10.1. The van der Waals surface area contributed by atoms with Gasteiger partial charge in [-0.15, -0.1) is 0 Å². The number of rotatable bonds is 0. The van der Waals surface area contributed by atoms with Gasteiger partial charge in [0.05, 0.1) is 11.6 Å². The van der Waals surface area contributed by atoms with Crippen LogP contribution in [-0.4, -0.2) is 11.9 Å². The Labute approximate surface area is 102 Å². The first-order valence-electron chi connectivity index (χ1n) is 6.16. The second-order valence-corrected chi connectivity index (χ2v) is 5.26. The predicted octanol–water partition coefficient (Wildman–Crippen LogP) is 3.30. The third kappa shape index (κ3) is 0.872. The van der Waals surface area contributed by atoms with Crippen molar-refractivity contribution in [1.29, 1.82) is 0 Å². The number of fused-ring (bicyclic) bond motifs is 8. The molecule has 0 unspecified atom stereocenters. The SMILES string of the molecule is CN1C2c3ccccc3C1(C)c1ccccc12. The second-order valence-electron chi connectivity index (χ2n) is 5.26. The number of nitrogens with zero attached hydrogens (tertiary/aromatic N) is 1. The van der Waals surface area contributed by atoms with Crippen molar-refractivity contribution in [2.75, 3.05) is 7.05 Å². The Kier molecular flexibility index (Phi) is 1.55. The topological polar surface area (TPSA) is 3.24 Å². The van der Waals surface area contributed by atoms with Gasteiger partial charge in [0.2, 0.25) is 0 Å². The lowest BCUT2D eigenvalue weighted by Gasteiger charge is -2.30. The van der Waals surface area contributed by atoms with Crippen molar-refractivity contribution in [2.45, 2.75) is 18.5 Å². The van der Waals surface area contributed by atoms with Gasteiger partial charge in [0.1, 0.15) is 0 Å². The van der Waals surface area contributed by atoms with Crippen molar-refractivity contribution in [1.82, 2.24) is 4.90 Å². The summed E-state index contributed by atoms with van der Waals surface area (Å²) in [6, 6.07) is 18.2. The minimum Gasteiger partial charge on any atom is -0.282 e. The lowest BCUT2D eigenvalue weighted by atomic mass is 9.78. The van der Waals surface area contributed by atoms with Crippen LogP contribution in [0.1, 0.15) is 35.2 Å². The monoisotopic (exact) mass is 221 g/mol. The summed E-state index contributed by atoms with van der Waals surface area (Å²) < 4.78 is 0. The highest BCUT2D eigenvalue weighted by molar-refractivity contribution is 5.60. The fourth-order valence-corrected chi connectivity index (χ4v) is 3.73. The minimum absolute atomic E-state index is 0.0673. The van der Waals surface area contributed by atoms with E-state index < -0.39 is 0 Å². The van der Waals surface area contributed by atoms with Gasteiger partial charge in [0.15, 0.2) is 0 Å². The molecule has 17 heavy (non-hydrogen) atoms. The van der Waals surface area contributed by atoms with E-state index in [0.717, 1.165) is 0 Å². The lowest BCUT2D eigenvalue weighted by Crippen LogP contribution is -2.32. The van der Waals surface area contributed by atoms with Crippen LogP contribution in [0.25, 0.3) is 0 Å². The van der Waals surface area contributed by atoms with Crippen molar-refractivity contribution < 1.29 is 0 Å². The molecule has 0 saturated heterocycles. The predicted molar refractivity (Wildman–Crippen MR) is 68.9 cm³/mol. The molecule has 0 aliphatic carbocycles. The molecule has 0 atom stereocenters. The van der Waals surface area contributed by atoms with Gasteiger partial charge < -0.3 is 0 Å². The van der Waals surface area contributed by atoms with Crippen LogP contribution in [0, 0.1) is 0 Å². The molecule has 0 saturated carbocycles. The lowest BCUT2D eigenvalue weighted by molar-refractivity contribution is 0.204. The molecular formula is C16H15N. The third-order valence-electron chi connectivity index (χ3n) is 4.65. The molecule has 2 aromatic carbocycles. The summed E-state index contributed by atoms with van der Waals surface area (Å²) >= 11 is 0. The van der Waals surface area contributed by atoms with Crippen LogP contribution in [0.4, 0.5) is 0 Å². The van der Waals surface area contributed by atoms with Gasteiger partial charge in [-0.2, -0.15) is 0 Å². The molecule has 0 spiro atoms. The molecule has 0 fully saturated rings. The highest BCUT2D eigenvalue weighted by Gasteiger charge is 2.53. The fourth-order valence-electron chi connectivity index (χ4n) is 3.73. The summed E-state index contributed by atoms with van der Waals surface area (Å²) in [6.07, 6.45) is 0. The van der Waals surface area contributed by atoms with E-state index in [2.05, 4.69) is 67.4 Å². The Hall–Kier alpha value is -1.60. The third-order valence-corrected chi connectivity index (χ3v) is 4.65. The van der Waals surface area contributed by atoms with E-state index >= 15 is 0 Å². The van der Waals surface area contributed by atoms with Crippen LogP contribution < -0.4 is 0 Å². The van der Waals surface area contributed by atoms with E-state index in [1.165, 1.54) is 22.3 Å². The molecule has 2 aliphatic rings. The van der Waals surface area contributed by atoms with E-state index in [1.54, 1.807) is 0 Å². The summed E-state index contributed by atoms with van der Waals surface area (Å²) in [5.41, 5.74) is 5.99. The maximum atomic E-state index is 2.50. The van der Waals surface area contributed by atoms with Crippen LogP contribution in [0.2, 0.25) is 0 Å². The molecule has 4 rings (SSSR count). The van der Waals surface area contributed by atoms with Gasteiger partial charge in [0, 0.05) is 0 Å². The van der Waals surface area contributed by atoms with Crippen LogP contribution in [-0.2, 0) is 5.54 Å². The zero-order chi connectivity index (χ0) is 11.6. The highest BCUT2D eigenvalue weighted by Crippen LogP contribution is 2.58. The van der Waals surface area contributed by atoms with Gasteiger partial charge in [-0.3, -0.25) is 4.90 Å². The first-order valence-corrected chi connectivity index (χ1v) is 6.16. The Morgan fingerprint density at radius 2 is 1.35 bits per heavy atom. The van der Waals surface area contributed by atoms with E-state index in [-0.39, 0.29) is 5.54 Å². The summed E-state index contributed by atoms with van der Waals surface area (Å²) in [6.45, 7) is 2.34. The average Bonchev–Trinajstić information content (AvgIpc) is 2.73. The Morgan fingerprint density at radius 1 is 0.882 bits per heavy atom. The maximum Gasteiger partial charge on any atom is 0.0698 e. The van der Waals surface area contributed by atoms with E-state index in [9.17, 15) is 0 Å². The summed E-state index contributed by atoms with van der Waals surface area (Å²) in [5, 5.41) is 0. The average molecular weight is 221 g/mol. The number of hydrogen-bond donors (Lipinski definition) is 0. The molecule has 0 N–H and O–H groups in total. The molecule has 2 bridgehead atoms. The summed E-state index contributed by atoms with van der Waals surface area (Å²) in [4.78, 5) is 2.50. The fraction of sp³-hybridized carbons (Fsp3) is 0.250. The van der Waals surface area contributed by atoms with Crippen molar-refractivity contribution in [3.05, 3.63) is 70.8 Å². The molecule has 0 amide bonds. The molecule has 1 heteroatoms. The van der Waals surface area contributed by atoms with Gasteiger partial charge in [-0.25, -0.2) is 0 Å². The Morgan fingerprint density at radius 3 is 1.88 bits per heavy atom. The maximum absolute atomic E-state index is 2.50. The normalized spacial score (nSPS) is 29.2. The molecule has 2 aliphatic heterocycles. The van der Waals surface area contributed by atoms with Crippen LogP contribution >= 0.6 is 0 Å². The standard InChI is InChI=1S/C16H15N/c1-16-13-9-5-3-7-11(13)15(17(16)2)12-8-4-6-10-14(12)16/h3-10,15H,1-2H3. The largest absolute Gasteiger partial charge is 0.282 e. The molecule has 84 valence electrons. The van der Waals surface area contributed by atoms with E-state index in [4.69, 9.17) is 0 Å². The molecular weight excluding hydrogens is 206 g/mol. The van der Waals surface area contributed by atoms with E-state index in [0.29, 0.717) is 6.04 Å². The quantitative estimate of drug-likeness (QED) is 0.659. The first kappa shape index (κ1) is 9.43. The van der Waals surface area contributed by atoms with Crippen molar-refractivity contribution in [3.8, 4) is 0 Å². The van der Waals surface area contributed by atoms with Crippen molar-refractivity contribution in [2.24, 2.45) is 0 Å². The van der Waals surface area contributed by atoms with Gasteiger partial charge in [-0.1, -0.05) is 48.5 Å². The van der Waals surface area contributed by atoms with E-state index in [1.807, 2.05) is 0 Å². The molecule has 2 aromatic rings. The van der Waals surface area contributed by atoms with Gasteiger partial charge >= 0.3 is 0 Å². The zero-order valence-electron chi connectivity index (χ0n) is 10.1. The molecule has 0 radical (unpaired) electrons. The number of hydrogen-bond acceptors (Lipinski definition) is 1. The van der Waals surface area contributed by atoms with Crippen molar-refractivity contribution >= 4 is 0 Å². The van der Waals surface area contributed by atoms with Crippen molar-refractivity contribution in [3.63, 3.8) is 0 Å². The highest BCUT2D eigenvalue weighted by atomic mass is 15.2. The second kappa shape index (κ2) is 2.80. The minimum atomic E-state index is 0.0673. The molecule has 0 aromatic heterocycles. The van der Waals surface area contributed by atoms with Crippen LogP contribution in [0.5, 0.6) is 0 Å². The van der Waals surface area contributed by atoms with Crippen LogP contribution in [0.15, 0.2) is 48.5 Å². The number of benzene rings is 2. The Balaban J connectivity index is 2.11. The van der Waals surface area contributed by atoms with Gasteiger partial charge in [0.25, 0.3) is 0 Å². The first-order chi connectivity index (χ1) is 8.24. The Bertz CT molecular complexity index is 567. The summed E-state index contributed by atoms with van der Waals surface area (Å²) in [5.74, 6) is 0.